The molecule has 13 heavy (non-hydrogen) atoms. The average molecular weight is 174 g/mol. The standard InChI is InChI=1S/C10H10N2O/c11-9-3-1-2-8(6-9)7-10-12-4-5-13-10/h1-6H,7,11H2. The topological polar surface area (TPSA) is 52.0 Å². The van der Waals surface area contributed by atoms with E-state index in [9.17, 15) is 0 Å². The molecule has 0 aliphatic heterocycles. The Bertz CT molecular complexity index is 382. The van der Waals surface area contributed by atoms with Crippen LogP contribution in [0.3, 0.4) is 0 Å². The van der Waals surface area contributed by atoms with E-state index in [1.54, 1.807) is 12.5 Å². The summed E-state index contributed by atoms with van der Waals surface area (Å²) in [6.07, 6.45) is 3.90. The van der Waals surface area contributed by atoms with E-state index in [1.165, 1.54) is 0 Å². The highest BCUT2D eigenvalue weighted by Gasteiger charge is 1.99. The zero-order chi connectivity index (χ0) is 9.10. The van der Waals surface area contributed by atoms with Crippen molar-refractivity contribution in [2.75, 3.05) is 5.73 Å². The van der Waals surface area contributed by atoms with Gasteiger partial charge in [-0.05, 0) is 17.7 Å². The molecule has 0 radical (unpaired) electrons. The van der Waals surface area contributed by atoms with Crippen LogP contribution in [0.25, 0.3) is 0 Å². The summed E-state index contributed by atoms with van der Waals surface area (Å²) in [6.45, 7) is 0. The largest absolute Gasteiger partial charge is 0.449 e. The fraction of sp³-hybridized carbons (Fsp3) is 0.100. The first-order valence-corrected chi connectivity index (χ1v) is 4.07. The van der Waals surface area contributed by atoms with Gasteiger partial charge in [-0.2, -0.15) is 0 Å². The molecule has 2 rings (SSSR count). The molecule has 0 fully saturated rings. The highest BCUT2D eigenvalue weighted by molar-refractivity contribution is 5.41. The van der Waals surface area contributed by atoms with Gasteiger partial charge in [0.05, 0.1) is 6.20 Å². The number of oxazole rings is 1. The SMILES string of the molecule is Nc1cccc(Cc2ncco2)c1. The monoisotopic (exact) mass is 174 g/mol. The zero-order valence-electron chi connectivity index (χ0n) is 7.10. The third kappa shape index (κ3) is 1.87. The fourth-order valence-electron chi connectivity index (χ4n) is 1.22. The zero-order valence-corrected chi connectivity index (χ0v) is 7.10. The molecule has 0 amide bonds. The first kappa shape index (κ1) is 7.86. The molecule has 66 valence electrons. The maximum atomic E-state index is 5.64. The molecule has 0 unspecified atom stereocenters. The van der Waals surface area contributed by atoms with Gasteiger partial charge in [-0.25, -0.2) is 4.98 Å². The highest BCUT2D eigenvalue weighted by Crippen LogP contribution is 2.10. The predicted octanol–water partition coefficient (Wildman–Crippen LogP) is 1.85. The molecule has 2 N–H and O–H groups in total. The number of nitrogens with two attached hydrogens (primary N) is 1. The van der Waals surface area contributed by atoms with E-state index in [0.717, 1.165) is 11.3 Å². The Morgan fingerprint density at radius 2 is 2.31 bits per heavy atom. The van der Waals surface area contributed by atoms with Gasteiger partial charge in [0.15, 0.2) is 5.89 Å². The smallest absolute Gasteiger partial charge is 0.198 e. The van der Waals surface area contributed by atoms with Gasteiger partial charge in [0, 0.05) is 12.1 Å². The number of nitrogen functional groups attached to an aromatic ring is 1. The molecule has 1 aromatic heterocycles. The molecule has 0 spiro atoms. The van der Waals surface area contributed by atoms with Crippen LogP contribution in [-0.4, -0.2) is 4.98 Å². The van der Waals surface area contributed by atoms with Crippen molar-refractivity contribution in [3.05, 3.63) is 48.2 Å². The van der Waals surface area contributed by atoms with Crippen LogP contribution < -0.4 is 5.73 Å². The summed E-state index contributed by atoms with van der Waals surface area (Å²) in [5, 5.41) is 0. The van der Waals surface area contributed by atoms with Gasteiger partial charge in [-0.1, -0.05) is 12.1 Å². The van der Waals surface area contributed by atoms with E-state index >= 15 is 0 Å². The van der Waals surface area contributed by atoms with Gasteiger partial charge in [0.2, 0.25) is 0 Å². The first-order valence-electron chi connectivity index (χ1n) is 4.07. The molecule has 0 atom stereocenters. The molecule has 0 bridgehead atoms. The van der Waals surface area contributed by atoms with Gasteiger partial charge in [-0.3, -0.25) is 0 Å². The maximum absolute atomic E-state index is 5.64. The summed E-state index contributed by atoms with van der Waals surface area (Å²) >= 11 is 0. The summed E-state index contributed by atoms with van der Waals surface area (Å²) in [5.41, 5.74) is 7.52. The Morgan fingerprint density at radius 3 is 3.00 bits per heavy atom. The summed E-state index contributed by atoms with van der Waals surface area (Å²) in [7, 11) is 0. The molecule has 2 aromatic rings. The fourth-order valence-corrected chi connectivity index (χ4v) is 1.22. The van der Waals surface area contributed by atoms with Crippen LogP contribution in [0.5, 0.6) is 0 Å². The van der Waals surface area contributed by atoms with Crippen molar-refractivity contribution in [3.63, 3.8) is 0 Å². The second-order valence-corrected chi connectivity index (χ2v) is 2.85. The van der Waals surface area contributed by atoms with E-state index in [0.29, 0.717) is 12.3 Å². The van der Waals surface area contributed by atoms with Crippen LogP contribution >= 0.6 is 0 Å². The molecule has 0 aliphatic rings. The normalized spacial score (nSPS) is 10.2. The van der Waals surface area contributed by atoms with E-state index in [4.69, 9.17) is 10.2 Å². The van der Waals surface area contributed by atoms with Crippen LogP contribution in [0.4, 0.5) is 5.69 Å². The van der Waals surface area contributed by atoms with Crippen LogP contribution in [0, 0.1) is 0 Å². The Morgan fingerprint density at radius 1 is 1.38 bits per heavy atom. The van der Waals surface area contributed by atoms with Crippen molar-refractivity contribution >= 4 is 5.69 Å². The molecule has 1 aromatic carbocycles. The predicted molar refractivity (Wildman–Crippen MR) is 50.2 cm³/mol. The minimum atomic E-state index is 0.692. The molecule has 3 nitrogen and oxygen atoms in total. The highest BCUT2D eigenvalue weighted by atomic mass is 16.3. The van der Waals surface area contributed by atoms with Crippen LogP contribution in [0.1, 0.15) is 11.5 Å². The van der Waals surface area contributed by atoms with Crippen molar-refractivity contribution in [2.24, 2.45) is 0 Å². The van der Waals surface area contributed by atoms with Crippen LogP contribution in [0.15, 0.2) is 41.1 Å². The number of anilines is 1. The minimum absolute atomic E-state index is 0.692. The lowest BCUT2D eigenvalue weighted by Gasteiger charge is -1.98. The van der Waals surface area contributed by atoms with Crippen LogP contribution in [-0.2, 0) is 6.42 Å². The lowest BCUT2D eigenvalue weighted by Crippen LogP contribution is -1.90. The second-order valence-electron chi connectivity index (χ2n) is 2.85. The number of hydrogen-bond acceptors (Lipinski definition) is 3. The molecule has 0 aliphatic carbocycles. The van der Waals surface area contributed by atoms with Crippen molar-refractivity contribution in [3.8, 4) is 0 Å². The molecular formula is C10H10N2O. The van der Waals surface area contributed by atoms with Crippen LogP contribution in [0.2, 0.25) is 0 Å². The first-order chi connectivity index (χ1) is 6.34. The van der Waals surface area contributed by atoms with E-state index in [-0.39, 0.29) is 0 Å². The Hall–Kier alpha value is -1.77. The average Bonchev–Trinajstić information content (AvgIpc) is 2.57. The maximum Gasteiger partial charge on any atom is 0.198 e. The van der Waals surface area contributed by atoms with Gasteiger partial charge < -0.3 is 10.2 Å². The number of nitrogens with zero attached hydrogens (tertiary/aromatic N) is 1. The third-order valence-corrected chi connectivity index (χ3v) is 1.79. The Kier molecular flexibility index (Phi) is 2.00. The third-order valence-electron chi connectivity index (χ3n) is 1.79. The molecule has 1 heterocycles. The van der Waals surface area contributed by atoms with Gasteiger partial charge in [0.25, 0.3) is 0 Å². The lowest BCUT2D eigenvalue weighted by atomic mass is 10.1. The van der Waals surface area contributed by atoms with E-state index in [2.05, 4.69) is 4.98 Å². The number of rotatable bonds is 2. The van der Waals surface area contributed by atoms with E-state index < -0.39 is 0 Å². The molecule has 0 saturated heterocycles. The number of aromatic nitrogens is 1. The summed E-state index contributed by atoms with van der Waals surface area (Å²) in [5.74, 6) is 0.714. The van der Waals surface area contributed by atoms with Crippen molar-refractivity contribution < 1.29 is 4.42 Å². The van der Waals surface area contributed by atoms with Crippen molar-refractivity contribution in [1.82, 2.24) is 4.98 Å². The molecular weight excluding hydrogens is 164 g/mol. The van der Waals surface area contributed by atoms with Gasteiger partial charge >= 0.3 is 0 Å². The quantitative estimate of drug-likeness (QED) is 0.707. The summed E-state index contributed by atoms with van der Waals surface area (Å²) < 4.78 is 5.13. The number of benzene rings is 1. The van der Waals surface area contributed by atoms with E-state index in [1.807, 2.05) is 24.3 Å². The van der Waals surface area contributed by atoms with Crippen molar-refractivity contribution in [2.45, 2.75) is 6.42 Å². The molecule has 3 heteroatoms. The summed E-state index contributed by atoms with van der Waals surface area (Å²) in [6, 6.07) is 7.71. The molecule has 0 saturated carbocycles. The Balaban J connectivity index is 2.19. The minimum Gasteiger partial charge on any atom is -0.449 e. The second kappa shape index (κ2) is 3.31. The van der Waals surface area contributed by atoms with Crippen molar-refractivity contribution in [1.29, 1.82) is 0 Å². The Labute approximate surface area is 76.2 Å². The number of hydrogen-bond donors (Lipinski definition) is 1. The lowest BCUT2D eigenvalue weighted by molar-refractivity contribution is 0.507. The van der Waals surface area contributed by atoms with Gasteiger partial charge in [0.1, 0.15) is 6.26 Å². The van der Waals surface area contributed by atoms with Gasteiger partial charge in [-0.15, -0.1) is 0 Å². The summed E-state index contributed by atoms with van der Waals surface area (Å²) in [4.78, 5) is 4.03.